The normalized spacial score (nSPS) is 12.4. The number of hydrogen-bond acceptors (Lipinski definition) is 5. The molecule has 1 heterocycles. The summed E-state index contributed by atoms with van der Waals surface area (Å²) in [7, 11) is 0. The van der Waals surface area contributed by atoms with Crippen molar-refractivity contribution < 1.29 is 9.53 Å². The summed E-state index contributed by atoms with van der Waals surface area (Å²) >= 11 is 0. The fourth-order valence-corrected chi connectivity index (χ4v) is 1.71. The van der Waals surface area contributed by atoms with Crippen molar-refractivity contribution in [1.29, 1.82) is 0 Å². The maximum atomic E-state index is 12.1. The SMILES string of the molecule is CC(C)OCc1ccc(C(=O)NC(C)c2nn[nH]n2)cc1. The summed E-state index contributed by atoms with van der Waals surface area (Å²) in [6.45, 7) is 6.31. The minimum Gasteiger partial charge on any atom is -0.374 e. The van der Waals surface area contributed by atoms with Crippen LogP contribution in [0.2, 0.25) is 0 Å². The van der Waals surface area contributed by atoms with E-state index in [1.807, 2.05) is 26.0 Å². The van der Waals surface area contributed by atoms with Crippen LogP contribution in [-0.4, -0.2) is 32.6 Å². The zero-order chi connectivity index (χ0) is 15.2. The summed E-state index contributed by atoms with van der Waals surface area (Å²) in [6, 6.07) is 7.02. The lowest BCUT2D eigenvalue weighted by molar-refractivity contribution is 0.0656. The zero-order valence-electron chi connectivity index (χ0n) is 12.3. The second kappa shape index (κ2) is 6.94. The van der Waals surface area contributed by atoms with E-state index in [2.05, 4.69) is 25.9 Å². The van der Waals surface area contributed by atoms with E-state index in [1.54, 1.807) is 19.1 Å². The second-order valence-electron chi connectivity index (χ2n) is 5.02. The van der Waals surface area contributed by atoms with Crippen LogP contribution in [0.25, 0.3) is 0 Å². The Morgan fingerprint density at radius 2 is 2.00 bits per heavy atom. The molecule has 112 valence electrons. The lowest BCUT2D eigenvalue weighted by Crippen LogP contribution is -2.27. The number of tetrazole rings is 1. The predicted molar refractivity (Wildman–Crippen MR) is 76.4 cm³/mol. The smallest absolute Gasteiger partial charge is 0.251 e. The largest absolute Gasteiger partial charge is 0.374 e. The summed E-state index contributed by atoms with van der Waals surface area (Å²) in [5, 5.41) is 16.3. The number of aromatic amines is 1. The highest BCUT2D eigenvalue weighted by atomic mass is 16.5. The van der Waals surface area contributed by atoms with E-state index in [0.717, 1.165) is 5.56 Å². The molecule has 0 saturated heterocycles. The number of ether oxygens (including phenoxy) is 1. The molecule has 2 rings (SSSR count). The minimum absolute atomic E-state index is 0.177. The summed E-state index contributed by atoms with van der Waals surface area (Å²) in [5.74, 6) is 0.272. The Kier molecular flexibility index (Phi) is 4.99. The topological polar surface area (TPSA) is 92.8 Å². The van der Waals surface area contributed by atoms with Gasteiger partial charge in [0.1, 0.15) is 0 Å². The van der Waals surface area contributed by atoms with Gasteiger partial charge >= 0.3 is 0 Å². The van der Waals surface area contributed by atoms with Crippen LogP contribution in [-0.2, 0) is 11.3 Å². The average molecular weight is 289 g/mol. The molecule has 2 N–H and O–H groups in total. The zero-order valence-corrected chi connectivity index (χ0v) is 12.3. The van der Waals surface area contributed by atoms with Crippen LogP contribution >= 0.6 is 0 Å². The number of benzene rings is 1. The maximum absolute atomic E-state index is 12.1. The van der Waals surface area contributed by atoms with Crippen molar-refractivity contribution >= 4 is 5.91 Å². The fourth-order valence-electron chi connectivity index (χ4n) is 1.71. The lowest BCUT2D eigenvalue weighted by Gasteiger charge is -2.11. The third-order valence-electron chi connectivity index (χ3n) is 2.90. The number of nitrogens with zero attached hydrogens (tertiary/aromatic N) is 3. The molecule has 1 amide bonds. The van der Waals surface area contributed by atoms with Crippen LogP contribution in [0.15, 0.2) is 24.3 Å². The highest BCUT2D eigenvalue weighted by Crippen LogP contribution is 2.09. The molecule has 0 spiro atoms. The molecule has 0 aliphatic carbocycles. The van der Waals surface area contributed by atoms with Gasteiger partial charge in [-0.15, -0.1) is 10.2 Å². The molecule has 2 aromatic rings. The van der Waals surface area contributed by atoms with Crippen LogP contribution < -0.4 is 5.32 Å². The molecule has 0 aliphatic heterocycles. The van der Waals surface area contributed by atoms with E-state index in [4.69, 9.17) is 4.74 Å². The van der Waals surface area contributed by atoms with E-state index in [0.29, 0.717) is 18.0 Å². The van der Waals surface area contributed by atoms with Crippen molar-refractivity contribution in [3.05, 3.63) is 41.2 Å². The van der Waals surface area contributed by atoms with Crippen LogP contribution in [0.4, 0.5) is 0 Å². The van der Waals surface area contributed by atoms with Crippen LogP contribution in [0, 0.1) is 0 Å². The minimum atomic E-state index is -0.305. The van der Waals surface area contributed by atoms with E-state index in [1.165, 1.54) is 0 Å². The highest BCUT2D eigenvalue weighted by molar-refractivity contribution is 5.94. The van der Waals surface area contributed by atoms with Gasteiger partial charge < -0.3 is 10.1 Å². The van der Waals surface area contributed by atoms with Crippen molar-refractivity contribution in [3.8, 4) is 0 Å². The maximum Gasteiger partial charge on any atom is 0.251 e. The van der Waals surface area contributed by atoms with Crippen LogP contribution in [0.3, 0.4) is 0 Å². The Morgan fingerprint density at radius 3 is 2.57 bits per heavy atom. The first-order valence-electron chi connectivity index (χ1n) is 6.81. The summed E-state index contributed by atoms with van der Waals surface area (Å²) in [5.41, 5.74) is 1.62. The van der Waals surface area contributed by atoms with Gasteiger partial charge in [0.15, 0.2) is 5.82 Å². The van der Waals surface area contributed by atoms with E-state index in [9.17, 15) is 4.79 Å². The number of aromatic nitrogens is 4. The molecular formula is C14H19N5O2. The fraction of sp³-hybridized carbons (Fsp3) is 0.429. The Bertz CT molecular complexity index is 566. The van der Waals surface area contributed by atoms with Gasteiger partial charge in [0.05, 0.1) is 18.8 Å². The molecule has 0 saturated carbocycles. The molecule has 1 aromatic heterocycles. The first-order chi connectivity index (χ1) is 10.1. The molecule has 1 aromatic carbocycles. The van der Waals surface area contributed by atoms with Crippen LogP contribution in [0.5, 0.6) is 0 Å². The first kappa shape index (κ1) is 15.1. The van der Waals surface area contributed by atoms with Gasteiger partial charge in [-0.1, -0.05) is 17.3 Å². The molecule has 1 atom stereocenters. The van der Waals surface area contributed by atoms with E-state index in [-0.39, 0.29) is 18.1 Å². The third-order valence-corrected chi connectivity index (χ3v) is 2.90. The number of carbonyl (C=O) groups is 1. The van der Waals surface area contributed by atoms with E-state index < -0.39 is 0 Å². The summed E-state index contributed by atoms with van der Waals surface area (Å²) in [4.78, 5) is 12.1. The number of amides is 1. The number of carbonyl (C=O) groups excluding carboxylic acids is 1. The molecule has 7 heteroatoms. The van der Waals surface area contributed by atoms with Crippen LogP contribution in [0.1, 0.15) is 48.6 Å². The van der Waals surface area contributed by atoms with Crippen molar-refractivity contribution in [2.75, 3.05) is 0 Å². The van der Waals surface area contributed by atoms with Crippen molar-refractivity contribution in [2.45, 2.75) is 39.5 Å². The Hall–Kier alpha value is -2.28. The van der Waals surface area contributed by atoms with Crippen molar-refractivity contribution in [1.82, 2.24) is 25.9 Å². The number of rotatable bonds is 6. The lowest BCUT2D eigenvalue weighted by atomic mass is 10.1. The summed E-state index contributed by atoms with van der Waals surface area (Å²) < 4.78 is 5.51. The van der Waals surface area contributed by atoms with E-state index >= 15 is 0 Å². The second-order valence-corrected chi connectivity index (χ2v) is 5.02. The molecular weight excluding hydrogens is 270 g/mol. The van der Waals surface area contributed by atoms with Gasteiger partial charge in [-0.3, -0.25) is 4.79 Å². The van der Waals surface area contributed by atoms with Gasteiger partial charge in [-0.2, -0.15) is 5.21 Å². The molecule has 7 nitrogen and oxygen atoms in total. The molecule has 0 radical (unpaired) electrons. The molecule has 0 fully saturated rings. The van der Waals surface area contributed by atoms with Gasteiger partial charge in [0, 0.05) is 5.56 Å². The van der Waals surface area contributed by atoms with Gasteiger partial charge in [0.25, 0.3) is 5.91 Å². The van der Waals surface area contributed by atoms with Gasteiger partial charge in [-0.05, 0) is 38.5 Å². The van der Waals surface area contributed by atoms with Crippen molar-refractivity contribution in [2.24, 2.45) is 0 Å². The Labute approximate surface area is 123 Å². The van der Waals surface area contributed by atoms with Crippen molar-refractivity contribution in [3.63, 3.8) is 0 Å². The third kappa shape index (κ3) is 4.35. The predicted octanol–water partition coefficient (Wildman–Crippen LogP) is 1.62. The number of nitrogens with one attached hydrogen (secondary N) is 2. The quantitative estimate of drug-likeness (QED) is 0.843. The summed E-state index contributed by atoms with van der Waals surface area (Å²) in [6.07, 6.45) is 0.184. The molecule has 21 heavy (non-hydrogen) atoms. The first-order valence-corrected chi connectivity index (χ1v) is 6.81. The Morgan fingerprint density at radius 1 is 1.29 bits per heavy atom. The van der Waals surface area contributed by atoms with Gasteiger partial charge in [-0.25, -0.2) is 0 Å². The monoisotopic (exact) mass is 289 g/mol. The Balaban J connectivity index is 1.93. The standard InChI is InChI=1S/C14H19N5O2/c1-9(2)21-8-11-4-6-12(7-5-11)14(20)15-10(3)13-16-18-19-17-13/h4-7,9-10H,8H2,1-3H3,(H,15,20)(H,16,17,18,19). The molecule has 1 unspecified atom stereocenters. The molecule has 0 bridgehead atoms. The number of hydrogen-bond donors (Lipinski definition) is 2. The van der Waals surface area contributed by atoms with Gasteiger partial charge in [0.2, 0.25) is 0 Å². The molecule has 0 aliphatic rings. The highest BCUT2D eigenvalue weighted by Gasteiger charge is 2.14. The average Bonchev–Trinajstić information content (AvgIpc) is 3.00. The number of H-pyrrole nitrogens is 1.